The molecular formula is C8H16N2O2S. The zero-order chi connectivity index (χ0) is 10.4. The summed E-state index contributed by atoms with van der Waals surface area (Å²) in [5.41, 5.74) is 5.56. The number of nitrogens with one attached hydrogen (secondary N) is 1. The lowest BCUT2D eigenvalue weighted by Gasteiger charge is -2.17. The molecule has 2 atom stereocenters. The number of amides is 1. The van der Waals surface area contributed by atoms with E-state index >= 15 is 0 Å². The van der Waals surface area contributed by atoms with E-state index in [-0.39, 0.29) is 11.8 Å². The molecule has 0 aromatic carbocycles. The monoisotopic (exact) mass is 204 g/mol. The molecule has 0 aliphatic rings. The second-order valence-electron chi connectivity index (χ2n) is 3.20. The van der Waals surface area contributed by atoms with E-state index in [0.29, 0.717) is 12.0 Å². The smallest absolute Gasteiger partial charge is 0.237 e. The van der Waals surface area contributed by atoms with Crippen molar-refractivity contribution in [1.82, 2.24) is 5.32 Å². The van der Waals surface area contributed by atoms with Gasteiger partial charge in [0.1, 0.15) is 6.29 Å². The maximum atomic E-state index is 11.3. The van der Waals surface area contributed by atoms with Crippen molar-refractivity contribution in [3.05, 3.63) is 0 Å². The molecule has 0 aliphatic carbocycles. The van der Waals surface area contributed by atoms with E-state index in [2.05, 4.69) is 17.9 Å². The van der Waals surface area contributed by atoms with Crippen LogP contribution < -0.4 is 11.1 Å². The molecule has 0 saturated heterocycles. The largest absolute Gasteiger partial charge is 0.344 e. The maximum Gasteiger partial charge on any atom is 0.237 e. The molecule has 1 amide bonds. The van der Waals surface area contributed by atoms with Crippen LogP contribution in [0.4, 0.5) is 0 Å². The fourth-order valence-electron chi connectivity index (χ4n) is 0.704. The van der Waals surface area contributed by atoms with Gasteiger partial charge in [-0.05, 0) is 5.92 Å². The number of aldehydes is 1. The van der Waals surface area contributed by atoms with Gasteiger partial charge in [-0.2, -0.15) is 12.6 Å². The highest BCUT2D eigenvalue weighted by Crippen LogP contribution is 1.98. The minimum atomic E-state index is -0.567. The Kier molecular flexibility index (Phi) is 5.73. The van der Waals surface area contributed by atoms with Crippen LogP contribution in [0.5, 0.6) is 0 Å². The van der Waals surface area contributed by atoms with Crippen LogP contribution in [-0.2, 0) is 9.59 Å². The lowest BCUT2D eigenvalue weighted by atomic mass is 10.0. The summed E-state index contributed by atoms with van der Waals surface area (Å²) in [4.78, 5) is 21.6. The van der Waals surface area contributed by atoms with Crippen molar-refractivity contribution in [2.24, 2.45) is 11.7 Å². The Bertz CT molecular complexity index is 185. The van der Waals surface area contributed by atoms with Gasteiger partial charge in [0.15, 0.2) is 0 Å². The molecule has 76 valence electrons. The fraction of sp³-hybridized carbons (Fsp3) is 0.750. The summed E-state index contributed by atoms with van der Waals surface area (Å²) < 4.78 is 0. The third-order valence-electron chi connectivity index (χ3n) is 1.71. The minimum Gasteiger partial charge on any atom is -0.344 e. The van der Waals surface area contributed by atoms with E-state index in [4.69, 9.17) is 5.73 Å². The number of hydrogen-bond acceptors (Lipinski definition) is 4. The van der Waals surface area contributed by atoms with E-state index in [9.17, 15) is 9.59 Å². The third-order valence-corrected chi connectivity index (χ3v) is 2.10. The van der Waals surface area contributed by atoms with Crippen LogP contribution in [0.3, 0.4) is 0 Å². The minimum absolute atomic E-state index is 0.0622. The molecule has 4 nitrogen and oxygen atoms in total. The summed E-state index contributed by atoms with van der Waals surface area (Å²) >= 11 is 3.90. The first-order chi connectivity index (χ1) is 6.02. The van der Waals surface area contributed by atoms with Crippen molar-refractivity contribution in [3.8, 4) is 0 Å². The molecule has 0 bridgehead atoms. The van der Waals surface area contributed by atoms with Crippen LogP contribution in [0.15, 0.2) is 0 Å². The highest BCUT2D eigenvalue weighted by atomic mass is 32.1. The van der Waals surface area contributed by atoms with Gasteiger partial charge in [0.05, 0.1) is 12.1 Å². The van der Waals surface area contributed by atoms with Gasteiger partial charge in [-0.15, -0.1) is 0 Å². The molecule has 0 aromatic heterocycles. The van der Waals surface area contributed by atoms with Gasteiger partial charge < -0.3 is 15.8 Å². The molecule has 0 saturated carbocycles. The standard InChI is InChI=1S/C8H16N2O2S/c1-5(2)7(9)8(12)10-6(3-11)4-13/h3,5-7,13H,4,9H2,1-2H3,(H,10,12)/t6-,7+/m1/s1. The summed E-state index contributed by atoms with van der Waals surface area (Å²) in [7, 11) is 0. The Morgan fingerprint density at radius 1 is 1.62 bits per heavy atom. The predicted molar refractivity (Wildman–Crippen MR) is 54.7 cm³/mol. The number of rotatable bonds is 5. The predicted octanol–water partition coefficient (Wildman–Crippen LogP) is -0.417. The fourth-order valence-corrected chi connectivity index (χ4v) is 0.882. The molecule has 0 radical (unpaired) electrons. The van der Waals surface area contributed by atoms with Crippen molar-refractivity contribution in [1.29, 1.82) is 0 Å². The van der Waals surface area contributed by atoms with Crippen molar-refractivity contribution in [3.63, 3.8) is 0 Å². The molecule has 0 heterocycles. The van der Waals surface area contributed by atoms with E-state index in [1.54, 1.807) is 0 Å². The second-order valence-corrected chi connectivity index (χ2v) is 3.57. The molecule has 5 heteroatoms. The van der Waals surface area contributed by atoms with Crippen molar-refractivity contribution in [2.45, 2.75) is 25.9 Å². The molecule has 0 rings (SSSR count). The molecular weight excluding hydrogens is 188 g/mol. The van der Waals surface area contributed by atoms with Crippen LogP contribution in [0.1, 0.15) is 13.8 Å². The summed E-state index contributed by atoms with van der Waals surface area (Å²) in [6.45, 7) is 3.70. The zero-order valence-electron chi connectivity index (χ0n) is 7.86. The number of nitrogens with two attached hydrogens (primary N) is 1. The van der Waals surface area contributed by atoms with E-state index in [1.807, 2.05) is 13.8 Å². The molecule has 0 fully saturated rings. The van der Waals surface area contributed by atoms with Crippen LogP contribution in [0.25, 0.3) is 0 Å². The molecule has 13 heavy (non-hydrogen) atoms. The number of thiol groups is 1. The van der Waals surface area contributed by atoms with E-state index < -0.39 is 12.1 Å². The van der Waals surface area contributed by atoms with E-state index in [0.717, 1.165) is 0 Å². The van der Waals surface area contributed by atoms with Gasteiger partial charge in [-0.3, -0.25) is 4.79 Å². The SMILES string of the molecule is CC(C)[C@H](N)C(=O)N[C@H](C=O)CS. The highest BCUT2D eigenvalue weighted by Gasteiger charge is 2.19. The average molecular weight is 204 g/mol. The first kappa shape index (κ1) is 12.4. The molecule has 0 spiro atoms. The van der Waals surface area contributed by atoms with Crippen molar-refractivity contribution in [2.75, 3.05) is 5.75 Å². The van der Waals surface area contributed by atoms with Crippen LogP contribution in [0, 0.1) is 5.92 Å². The van der Waals surface area contributed by atoms with Gasteiger partial charge in [0.2, 0.25) is 5.91 Å². The normalized spacial score (nSPS) is 15.2. The summed E-state index contributed by atoms with van der Waals surface area (Å²) in [5, 5.41) is 2.49. The Balaban J connectivity index is 4.05. The molecule has 0 aromatic rings. The summed E-state index contributed by atoms with van der Waals surface area (Å²) in [6.07, 6.45) is 0.651. The van der Waals surface area contributed by atoms with Gasteiger partial charge in [0.25, 0.3) is 0 Å². The van der Waals surface area contributed by atoms with E-state index in [1.165, 1.54) is 0 Å². The molecule has 3 N–H and O–H groups in total. The van der Waals surface area contributed by atoms with Gasteiger partial charge >= 0.3 is 0 Å². The molecule has 0 aliphatic heterocycles. The maximum absolute atomic E-state index is 11.3. The summed E-state index contributed by atoms with van der Waals surface area (Å²) in [5.74, 6) is 0.0495. The van der Waals surface area contributed by atoms with Crippen LogP contribution >= 0.6 is 12.6 Å². The van der Waals surface area contributed by atoms with Crippen molar-refractivity contribution < 1.29 is 9.59 Å². The first-order valence-corrected chi connectivity index (χ1v) is 4.78. The first-order valence-electron chi connectivity index (χ1n) is 4.15. The van der Waals surface area contributed by atoms with Gasteiger partial charge in [-0.25, -0.2) is 0 Å². The zero-order valence-corrected chi connectivity index (χ0v) is 8.75. The Morgan fingerprint density at radius 2 is 2.15 bits per heavy atom. The quantitative estimate of drug-likeness (QED) is 0.421. The number of hydrogen-bond donors (Lipinski definition) is 3. The number of carbonyl (C=O) groups excluding carboxylic acids is 2. The Labute approximate surface area is 83.7 Å². The lowest BCUT2D eigenvalue weighted by molar-refractivity contribution is -0.125. The summed E-state index contributed by atoms with van der Waals surface area (Å²) in [6, 6.07) is -1.11. The topological polar surface area (TPSA) is 72.2 Å². The highest BCUT2D eigenvalue weighted by molar-refractivity contribution is 7.80. The second kappa shape index (κ2) is 5.99. The van der Waals surface area contributed by atoms with Crippen LogP contribution in [0.2, 0.25) is 0 Å². The Morgan fingerprint density at radius 3 is 2.46 bits per heavy atom. The molecule has 0 unspecified atom stereocenters. The number of carbonyl (C=O) groups is 2. The average Bonchev–Trinajstić information content (AvgIpc) is 2.12. The van der Waals surface area contributed by atoms with Crippen molar-refractivity contribution >= 4 is 24.8 Å². The van der Waals surface area contributed by atoms with Crippen LogP contribution in [-0.4, -0.2) is 30.0 Å². The van der Waals surface area contributed by atoms with Gasteiger partial charge in [-0.1, -0.05) is 13.8 Å². The third kappa shape index (κ3) is 4.28. The van der Waals surface area contributed by atoms with Gasteiger partial charge in [0, 0.05) is 5.75 Å². The Hall–Kier alpha value is -0.550. The lowest BCUT2D eigenvalue weighted by Crippen LogP contribution is -2.48.